The fraction of sp³-hybridized carbons (Fsp3) is 0.853. The summed E-state index contributed by atoms with van der Waals surface area (Å²) in [7, 11) is 0. The van der Waals surface area contributed by atoms with E-state index < -0.39 is 18.0 Å². The minimum absolute atomic E-state index is 0.0293. The second kappa shape index (κ2) is 57.0. The van der Waals surface area contributed by atoms with Gasteiger partial charge in [-0.2, -0.15) is 0 Å². The Kier molecular flexibility index (Phi) is 53.4. The SMILES string of the molecule is C=CCOC(=O)C[C@H](N)C(=O)OCc1cc(OCCCCCCCCCCCCCCCCCC)c(OCCCCCCCCCCCCCCCCCC)c(OCCCCCCCCCCCCCCCCCC)c1. The molecule has 444 valence electrons. The molecular weight excluding hydrogens is 943 g/mol. The first-order chi connectivity index (χ1) is 37.5. The van der Waals surface area contributed by atoms with Gasteiger partial charge in [-0.15, -0.1) is 0 Å². The lowest BCUT2D eigenvalue weighted by atomic mass is 10.0. The maximum atomic E-state index is 13.0. The Balaban J connectivity index is 2.80. The molecule has 0 aliphatic carbocycles. The van der Waals surface area contributed by atoms with E-state index in [9.17, 15) is 9.59 Å². The first-order valence-electron chi connectivity index (χ1n) is 33.2. The van der Waals surface area contributed by atoms with Gasteiger partial charge in [0.25, 0.3) is 0 Å². The van der Waals surface area contributed by atoms with Crippen molar-refractivity contribution >= 4 is 11.9 Å². The van der Waals surface area contributed by atoms with Crippen LogP contribution in [0.3, 0.4) is 0 Å². The van der Waals surface area contributed by atoms with Crippen molar-refractivity contribution in [3.8, 4) is 17.2 Å². The van der Waals surface area contributed by atoms with Crippen LogP contribution in [0.5, 0.6) is 17.2 Å². The molecule has 1 aromatic carbocycles. The van der Waals surface area contributed by atoms with E-state index in [4.69, 9.17) is 29.4 Å². The molecule has 0 unspecified atom stereocenters. The lowest BCUT2D eigenvalue weighted by Crippen LogP contribution is -2.35. The van der Waals surface area contributed by atoms with E-state index in [-0.39, 0.29) is 19.6 Å². The van der Waals surface area contributed by atoms with E-state index in [1.165, 1.54) is 276 Å². The summed E-state index contributed by atoms with van der Waals surface area (Å²) in [6, 6.07) is 2.72. The van der Waals surface area contributed by atoms with Gasteiger partial charge in [-0.25, -0.2) is 0 Å². The molecule has 0 aliphatic heterocycles. The summed E-state index contributed by atoms with van der Waals surface area (Å²) in [6.07, 6.45) is 64.8. The third-order valence-corrected chi connectivity index (χ3v) is 15.3. The maximum Gasteiger partial charge on any atom is 0.323 e. The van der Waals surface area contributed by atoms with Gasteiger partial charge in [-0.3, -0.25) is 9.59 Å². The molecule has 0 radical (unpaired) electrons. The molecule has 0 aromatic heterocycles. The highest BCUT2D eigenvalue weighted by molar-refractivity contribution is 5.82. The van der Waals surface area contributed by atoms with Crippen LogP contribution in [0.2, 0.25) is 0 Å². The zero-order chi connectivity index (χ0) is 54.9. The largest absolute Gasteiger partial charge is 0.490 e. The summed E-state index contributed by atoms with van der Waals surface area (Å²) < 4.78 is 30.5. The number of rotatable bonds is 61. The molecule has 0 spiro atoms. The zero-order valence-electron chi connectivity index (χ0n) is 50.6. The van der Waals surface area contributed by atoms with Crippen molar-refractivity contribution in [2.75, 3.05) is 26.4 Å². The van der Waals surface area contributed by atoms with Gasteiger partial charge in [0.2, 0.25) is 5.75 Å². The summed E-state index contributed by atoms with van der Waals surface area (Å²) in [5.41, 5.74) is 6.81. The van der Waals surface area contributed by atoms with Gasteiger partial charge in [-0.1, -0.05) is 322 Å². The van der Waals surface area contributed by atoms with Gasteiger partial charge in [0, 0.05) is 0 Å². The quantitative estimate of drug-likeness (QED) is 0.0391. The first-order valence-corrected chi connectivity index (χ1v) is 33.2. The van der Waals surface area contributed by atoms with Gasteiger partial charge < -0.3 is 29.4 Å². The summed E-state index contributed by atoms with van der Waals surface area (Å²) in [5.74, 6) is 0.677. The number of carbonyl (C=O) groups is 2. The lowest BCUT2D eigenvalue weighted by molar-refractivity contribution is -0.152. The Morgan fingerprint density at radius 2 is 0.671 bits per heavy atom. The highest BCUT2D eigenvalue weighted by atomic mass is 16.5. The van der Waals surface area contributed by atoms with E-state index in [0.717, 1.165) is 44.1 Å². The van der Waals surface area contributed by atoms with E-state index >= 15 is 0 Å². The minimum Gasteiger partial charge on any atom is -0.490 e. The molecule has 1 aromatic rings. The minimum atomic E-state index is -1.13. The van der Waals surface area contributed by atoms with Crippen molar-refractivity contribution in [1.29, 1.82) is 0 Å². The number of hydrogen-bond acceptors (Lipinski definition) is 8. The molecular formula is C68H125NO7. The normalized spacial score (nSPS) is 11.7. The molecule has 1 rings (SSSR count). The molecule has 0 fully saturated rings. The molecule has 0 amide bonds. The van der Waals surface area contributed by atoms with Crippen molar-refractivity contribution in [3.05, 3.63) is 30.4 Å². The molecule has 8 heteroatoms. The van der Waals surface area contributed by atoms with Crippen LogP contribution in [0.25, 0.3) is 0 Å². The molecule has 0 aliphatic rings. The standard InChI is InChI=1S/C68H125NO7/c1-5-9-12-15-18-21-24-27-30-33-36-39-42-45-48-51-55-72-64-58-62(61-76-68(71)63(69)60-66(70)74-54-8-4)59-65(73-56-52-49-46-43-40-37-34-31-28-25-22-19-16-13-10-6-2)67(64)75-57-53-50-47-44-41-38-35-32-29-26-23-20-17-14-11-7-3/h8,58-59,63H,4-7,9-57,60-61,69H2,1-3H3/t63-/m0/s1. The van der Waals surface area contributed by atoms with Gasteiger partial charge in [-0.05, 0) is 37.0 Å². The Bertz CT molecular complexity index is 1360. The van der Waals surface area contributed by atoms with Gasteiger partial charge in [0.1, 0.15) is 19.3 Å². The summed E-state index contributed by atoms with van der Waals surface area (Å²) >= 11 is 0. The topological polar surface area (TPSA) is 106 Å². The average Bonchev–Trinajstić information content (AvgIpc) is 3.42. The van der Waals surface area contributed by atoms with E-state index in [1.54, 1.807) is 0 Å². The fourth-order valence-electron chi connectivity index (χ4n) is 10.3. The number of carbonyl (C=O) groups excluding carboxylic acids is 2. The molecule has 0 heterocycles. The molecule has 0 saturated carbocycles. The second-order valence-corrected chi connectivity index (χ2v) is 22.8. The van der Waals surface area contributed by atoms with Gasteiger partial charge in [0.15, 0.2) is 11.5 Å². The molecule has 2 N–H and O–H groups in total. The van der Waals surface area contributed by atoms with Crippen LogP contribution in [0.15, 0.2) is 24.8 Å². The number of esters is 2. The van der Waals surface area contributed by atoms with Crippen molar-refractivity contribution in [2.45, 2.75) is 348 Å². The number of benzene rings is 1. The summed E-state index contributed by atoms with van der Waals surface area (Å²) in [5, 5.41) is 0. The predicted molar refractivity (Wildman–Crippen MR) is 325 cm³/mol. The smallest absolute Gasteiger partial charge is 0.323 e. The predicted octanol–water partition coefficient (Wildman–Crippen LogP) is 21.1. The highest BCUT2D eigenvalue weighted by Gasteiger charge is 2.22. The third-order valence-electron chi connectivity index (χ3n) is 15.3. The van der Waals surface area contributed by atoms with E-state index in [0.29, 0.717) is 37.1 Å². The molecule has 76 heavy (non-hydrogen) atoms. The van der Waals surface area contributed by atoms with Crippen LogP contribution in [0, 0.1) is 0 Å². The number of unbranched alkanes of at least 4 members (excludes halogenated alkanes) is 45. The Morgan fingerprint density at radius 1 is 0.408 bits per heavy atom. The Hall–Kier alpha value is -2.74. The number of nitrogens with two attached hydrogens (primary N) is 1. The number of ether oxygens (including phenoxy) is 5. The van der Waals surface area contributed by atoms with E-state index in [1.807, 2.05) is 12.1 Å². The van der Waals surface area contributed by atoms with E-state index in [2.05, 4.69) is 27.4 Å². The van der Waals surface area contributed by atoms with Crippen LogP contribution in [-0.4, -0.2) is 44.4 Å². The Labute approximate surface area is 471 Å². The molecule has 0 bridgehead atoms. The third kappa shape index (κ3) is 46.2. The molecule has 8 nitrogen and oxygen atoms in total. The van der Waals surface area contributed by atoms with Crippen molar-refractivity contribution < 1.29 is 33.3 Å². The van der Waals surface area contributed by atoms with Crippen LogP contribution in [0.1, 0.15) is 341 Å². The fourth-order valence-corrected chi connectivity index (χ4v) is 10.3. The van der Waals surface area contributed by atoms with Crippen molar-refractivity contribution in [2.24, 2.45) is 5.73 Å². The first kappa shape index (κ1) is 71.3. The second-order valence-electron chi connectivity index (χ2n) is 22.8. The van der Waals surface area contributed by atoms with Gasteiger partial charge in [0.05, 0.1) is 26.2 Å². The highest BCUT2D eigenvalue weighted by Crippen LogP contribution is 2.40. The number of hydrogen-bond donors (Lipinski definition) is 1. The van der Waals surface area contributed by atoms with Crippen LogP contribution < -0.4 is 19.9 Å². The maximum absolute atomic E-state index is 13.0. The van der Waals surface area contributed by atoms with Crippen LogP contribution in [-0.2, 0) is 25.7 Å². The van der Waals surface area contributed by atoms with Crippen molar-refractivity contribution in [3.63, 3.8) is 0 Å². The van der Waals surface area contributed by atoms with Crippen LogP contribution >= 0.6 is 0 Å². The monoisotopic (exact) mass is 1070 g/mol. The molecule has 0 saturated heterocycles. The van der Waals surface area contributed by atoms with Crippen molar-refractivity contribution in [1.82, 2.24) is 0 Å². The summed E-state index contributed by atoms with van der Waals surface area (Å²) in [4.78, 5) is 25.1. The summed E-state index contributed by atoms with van der Waals surface area (Å²) in [6.45, 7) is 12.2. The average molecular weight is 1070 g/mol. The molecule has 1 atom stereocenters. The lowest BCUT2D eigenvalue weighted by Gasteiger charge is -2.19. The Morgan fingerprint density at radius 3 is 0.947 bits per heavy atom. The zero-order valence-corrected chi connectivity index (χ0v) is 50.6. The van der Waals surface area contributed by atoms with Gasteiger partial charge >= 0.3 is 11.9 Å². The van der Waals surface area contributed by atoms with Crippen LogP contribution in [0.4, 0.5) is 0 Å².